The highest BCUT2D eigenvalue weighted by atomic mass is 35.5. The first-order valence-corrected chi connectivity index (χ1v) is 9.30. The Hall–Kier alpha value is -3.03. The number of phenols is 1. The molecule has 8 heteroatoms. The van der Waals surface area contributed by atoms with Crippen molar-refractivity contribution < 1.29 is 24.2 Å². The molecule has 3 aromatic rings. The number of halogens is 1. The molecular weight excluding hydrogens is 398 g/mol. The molecular formula is C21H18ClNO6. The van der Waals surface area contributed by atoms with E-state index in [1.54, 1.807) is 25.1 Å². The van der Waals surface area contributed by atoms with Gasteiger partial charge in [0.2, 0.25) is 5.76 Å². The summed E-state index contributed by atoms with van der Waals surface area (Å²) in [5.41, 5.74) is 1.35. The van der Waals surface area contributed by atoms with Crippen LogP contribution >= 0.6 is 11.6 Å². The first-order valence-electron chi connectivity index (χ1n) is 8.93. The van der Waals surface area contributed by atoms with E-state index in [-0.39, 0.29) is 52.4 Å². The average Bonchev–Trinajstić information content (AvgIpc) is 2.97. The second-order valence-corrected chi connectivity index (χ2v) is 7.23. The molecule has 0 saturated carbocycles. The van der Waals surface area contributed by atoms with E-state index >= 15 is 0 Å². The Labute approximate surface area is 170 Å². The van der Waals surface area contributed by atoms with Crippen LogP contribution in [0.2, 0.25) is 5.02 Å². The molecule has 29 heavy (non-hydrogen) atoms. The maximum absolute atomic E-state index is 13.3. The summed E-state index contributed by atoms with van der Waals surface area (Å²) in [6.45, 7) is 1.50. The van der Waals surface area contributed by atoms with Gasteiger partial charge in [-0.15, -0.1) is 0 Å². The average molecular weight is 416 g/mol. The Balaban J connectivity index is 2.02. The van der Waals surface area contributed by atoms with E-state index in [1.165, 1.54) is 24.1 Å². The van der Waals surface area contributed by atoms with Gasteiger partial charge in [0.1, 0.15) is 5.58 Å². The third kappa shape index (κ3) is 2.94. The first-order chi connectivity index (χ1) is 13.9. The van der Waals surface area contributed by atoms with Crippen molar-refractivity contribution in [2.24, 2.45) is 0 Å². The quantitative estimate of drug-likeness (QED) is 0.679. The zero-order valence-electron chi connectivity index (χ0n) is 15.7. The van der Waals surface area contributed by atoms with E-state index < -0.39 is 11.9 Å². The van der Waals surface area contributed by atoms with Gasteiger partial charge >= 0.3 is 0 Å². The van der Waals surface area contributed by atoms with Crippen LogP contribution in [0.25, 0.3) is 11.0 Å². The number of methoxy groups -OCH3 is 1. The molecule has 1 atom stereocenters. The van der Waals surface area contributed by atoms with Gasteiger partial charge in [0.05, 0.1) is 30.7 Å². The van der Waals surface area contributed by atoms with E-state index in [0.717, 1.165) is 5.56 Å². The number of aliphatic hydroxyl groups is 1. The second-order valence-electron chi connectivity index (χ2n) is 6.83. The second kappa shape index (κ2) is 7.09. The Morgan fingerprint density at radius 1 is 1.24 bits per heavy atom. The smallest absolute Gasteiger partial charge is 0.290 e. The number of nitrogens with zero attached hydrogens (tertiary/aromatic N) is 1. The summed E-state index contributed by atoms with van der Waals surface area (Å²) in [7, 11) is 1.41. The van der Waals surface area contributed by atoms with E-state index in [1.807, 2.05) is 0 Å². The maximum atomic E-state index is 13.3. The molecule has 1 unspecified atom stereocenters. The number of aryl methyl sites for hydroxylation is 1. The number of amides is 1. The number of carbonyl (C=O) groups excluding carboxylic acids is 1. The highest BCUT2D eigenvalue weighted by Crippen LogP contribution is 2.40. The summed E-state index contributed by atoms with van der Waals surface area (Å²) in [5, 5.41) is 20.1. The number of β-amino-alcohol motifs (C(OH)–C–C–N with tert-alkyl or cyclic N) is 1. The molecule has 0 saturated heterocycles. The molecule has 0 bridgehead atoms. The molecule has 2 N–H and O–H groups in total. The summed E-state index contributed by atoms with van der Waals surface area (Å²) in [6, 6.07) is 6.95. The number of carbonyl (C=O) groups is 1. The lowest BCUT2D eigenvalue weighted by atomic mass is 9.98. The molecule has 0 radical (unpaired) electrons. The predicted octanol–water partition coefficient (Wildman–Crippen LogP) is 3.01. The fraction of sp³-hybridized carbons (Fsp3) is 0.238. The van der Waals surface area contributed by atoms with Crippen molar-refractivity contribution in [3.05, 3.63) is 68.0 Å². The van der Waals surface area contributed by atoms with Crippen LogP contribution in [0.15, 0.2) is 39.5 Å². The van der Waals surface area contributed by atoms with Gasteiger partial charge in [0.15, 0.2) is 16.9 Å². The van der Waals surface area contributed by atoms with Crippen LogP contribution in [0.3, 0.4) is 0 Å². The molecule has 0 fully saturated rings. The Kier molecular flexibility index (Phi) is 4.72. The summed E-state index contributed by atoms with van der Waals surface area (Å²) in [4.78, 5) is 27.7. The van der Waals surface area contributed by atoms with Gasteiger partial charge < -0.3 is 24.3 Å². The van der Waals surface area contributed by atoms with E-state index in [4.69, 9.17) is 20.8 Å². The van der Waals surface area contributed by atoms with Crippen LogP contribution in [0.1, 0.15) is 33.3 Å². The molecule has 1 amide bonds. The van der Waals surface area contributed by atoms with Crippen LogP contribution in [0, 0.1) is 6.92 Å². The van der Waals surface area contributed by atoms with Crippen molar-refractivity contribution in [2.45, 2.75) is 13.0 Å². The number of fused-ring (bicyclic) bond motifs is 2. The SMILES string of the molecule is COc1cc(C2c3c(oc4cc(C)c(Cl)cc4c3=O)C(=O)N2CCO)ccc1O. The minimum Gasteiger partial charge on any atom is -0.504 e. The van der Waals surface area contributed by atoms with Crippen LogP contribution in [-0.4, -0.2) is 41.3 Å². The minimum atomic E-state index is -0.792. The van der Waals surface area contributed by atoms with E-state index in [0.29, 0.717) is 10.6 Å². The third-order valence-corrected chi connectivity index (χ3v) is 5.51. The monoisotopic (exact) mass is 415 g/mol. The molecule has 0 spiro atoms. The topological polar surface area (TPSA) is 100 Å². The number of rotatable bonds is 4. The zero-order chi connectivity index (χ0) is 20.9. The molecule has 150 valence electrons. The van der Waals surface area contributed by atoms with E-state index in [9.17, 15) is 19.8 Å². The van der Waals surface area contributed by atoms with Crippen LogP contribution in [0.5, 0.6) is 11.5 Å². The number of hydrogen-bond donors (Lipinski definition) is 2. The van der Waals surface area contributed by atoms with Crippen LogP contribution in [0.4, 0.5) is 0 Å². The number of aromatic hydroxyl groups is 1. The summed E-state index contributed by atoms with van der Waals surface area (Å²) >= 11 is 6.19. The Bertz CT molecular complexity index is 1200. The largest absolute Gasteiger partial charge is 0.504 e. The summed E-state index contributed by atoms with van der Waals surface area (Å²) in [6.07, 6.45) is 0. The maximum Gasteiger partial charge on any atom is 0.290 e. The number of benzene rings is 2. The van der Waals surface area contributed by atoms with Crippen molar-refractivity contribution in [3.63, 3.8) is 0 Å². The van der Waals surface area contributed by atoms with Crippen molar-refractivity contribution in [1.82, 2.24) is 4.90 Å². The minimum absolute atomic E-state index is 0.00641. The molecule has 4 rings (SSSR count). The number of ether oxygens (including phenoxy) is 1. The van der Waals surface area contributed by atoms with Gasteiger partial charge in [-0.3, -0.25) is 9.59 Å². The molecule has 2 heterocycles. The van der Waals surface area contributed by atoms with Crippen LogP contribution in [-0.2, 0) is 0 Å². The molecule has 1 aromatic heterocycles. The van der Waals surface area contributed by atoms with Crippen molar-refractivity contribution >= 4 is 28.5 Å². The Morgan fingerprint density at radius 2 is 2.00 bits per heavy atom. The summed E-state index contributed by atoms with van der Waals surface area (Å²) < 4.78 is 11.0. The molecule has 0 aliphatic carbocycles. The van der Waals surface area contributed by atoms with Gasteiger partial charge in [0, 0.05) is 11.6 Å². The van der Waals surface area contributed by atoms with Gasteiger partial charge in [-0.2, -0.15) is 0 Å². The summed E-state index contributed by atoms with van der Waals surface area (Å²) in [5.74, 6) is -0.411. The van der Waals surface area contributed by atoms with Gasteiger partial charge in [-0.1, -0.05) is 17.7 Å². The normalized spacial score (nSPS) is 15.8. The number of phenolic OH excluding ortho intramolecular Hbond substituents is 1. The zero-order valence-corrected chi connectivity index (χ0v) is 16.5. The lowest BCUT2D eigenvalue weighted by molar-refractivity contribution is 0.0691. The number of hydrogen-bond acceptors (Lipinski definition) is 6. The highest BCUT2D eigenvalue weighted by molar-refractivity contribution is 6.32. The van der Waals surface area contributed by atoms with Crippen molar-refractivity contribution in [2.75, 3.05) is 20.3 Å². The van der Waals surface area contributed by atoms with Gasteiger partial charge in [-0.05, 0) is 42.3 Å². The number of aliphatic hydroxyl groups excluding tert-OH is 1. The third-order valence-electron chi connectivity index (χ3n) is 5.11. The molecule has 1 aliphatic heterocycles. The molecule has 7 nitrogen and oxygen atoms in total. The molecule has 2 aromatic carbocycles. The van der Waals surface area contributed by atoms with Crippen LogP contribution < -0.4 is 10.2 Å². The van der Waals surface area contributed by atoms with E-state index in [2.05, 4.69) is 0 Å². The predicted molar refractivity (Wildman–Crippen MR) is 107 cm³/mol. The lowest BCUT2D eigenvalue weighted by Crippen LogP contribution is -2.32. The first kappa shape index (κ1) is 19.3. The van der Waals surface area contributed by atoms with Gasteiger partial charge in [-0.25, -0.2) is 0 Å². The highest BCUT2D eigenvalue weighted by Gasteiger charge is 2.42. The molecule has 1 aliphatic rings. The fourth-order valence-electron chi connectivity index (χ4n) is 3.69. The van der Waals surface area contributed by atoms with Crippen molar-refractivity contribution in [3.8, 4) is 11.5 Å². The van der Waals surface area contributed by atoms with Gasteiger partial charge in [0.25, 0.3) is 5.91 Å². The standard InChI is InChI=1S/C21H18ClNO6/c1-10-7-15-12(9-13(10)22)19(26)17-18(11-3-4-14(25)16(8-11)28-2)23(5-6-24)21(27)20(17)29-15/h3-4,7-9,18,24-25H,5-6H2,1-2H3. The fourth-order valence-corrected chi connectivity index (χ4v) is 3.85. The van der Waals surface area contributed by atoms with Crippen molar-refractivity contribution in [1.29, 1.82) is 0 Å². The Morgan fingerprint density at radius 3 is 2.69 bits per heavy atom. The lowest BCUT2D eigenvalue weighted by Gasteiger charge is -2.24.